The number of carbonyl (C=O) groups excluding carboxylic acids is 2. The number of benzene rings is 2. The molecular formula is C17H15ClN2O2. The zero-order valence-corrected chi connectivity index (χ0v) is 12.6. The van der Waals surface area contributed by atoms with Gasteiger partial charge in [0.1, 0.15) is 0 Å². The van der Waals surface area contributed by atoms with Crippen molar-refractivity contribution in [1.29, 1.82) is 0 Å². The van der Waals surface area contributed by atoms with Crippen LogP contribution in [-0.4, -0.2) is 18.2 Å². The van der Waals surface area contributed by atoms with E-state index in [4.69, 9.17) is 17.3 Å². The quantitative estimate of drug-likeness (QED) is 0.819. The van der Waals surface area contributed by atoms with Gasteiger partial charge in [-0.2, -0.15) is 0 Å². The lowest BCUT2D eigenvalue weighted by molar-refractivity contribution is 0.0974. The van der Waals surface area contributed by atoms with Crippen LogP contribution < -0.4 is 10.6 Å². The third-order valence-corrected chi connectivity index (χ3v) is 3.97. The summed E-state index contributed by atoms with van der Waals surface area (Å²) in [7, 11) is 0. The van der Waals surface area contributed by atoms with Crippen molar-refractivity contribution in [2.24, 2.45) is 0 Å². The molecule has 0 saturated heterocycles. The van der Waals surface area contributed by atoms with E-state index in [9.17, 15) is 9.59 Å². The Morgan fingerprint density at radius 3 is 2.59 bits per heavy atom. The second kappa shape index (κ2) is 5.81. The van der Waals surface area contributed by atoms with E-state index < -0.39 is 0 Å². The van der Waals surface area contributed by atoms with Crippen LogP contribution in [0.15, 0.2) is 42.5 Å². The lowest BCUT2D eigenvalue weighted by atomic mass is 10.1. The number of nitrogens with zero attached hydrogens (tertiary/aromatic N) is 1. The van der Waals surface area contributed by atoms with Gasteiger partial charge in [-0.25, -0.2) is 0 Å². The number of ketones is 1. The van der Waals surface area contributed by atoms with Crippen LogP contribution in [0, 0.1) is 0 Å². The van der Waals surface area contributed by atoms with Gasteiger partial charge in [-0.1, -0.05) is 11.6 Å². The van der Waals surface area contributed by atoms with Crippen LogP contribution in [0.25, 0.3) is 0 Å². The first-order chi connectivity index (χ1) is 10.6. The highest BCUT2D eigenvalue weighted by Gasteiger charge is 2.26. The molecule has 0 fully saturated rings. The van der Waals surface area contributed by atoms with Gasteiger partial charge in [0.15, 0.2) is 5.78 Å². The first-order valence-corrected chi connectivity index (χ1v) is 7.44. The molecule has 2 aromatic carbocycles. The maximum absolute atomic E-state index is 12.8. The molecule has 3 rings (SSSR count). The van der Waals surface area contributed by atoms with E-state index in [2.05, 4.69) is 0 Å². The summed E-state index contributed by atoms with van der Waals surface area (Å²) in [6.45, 7) is 0.488. The molecule has 1 aliphatic heterocycles. The van der Waals surface area contributed by atoms with Gasteiger partial charge in [0.25, 0.3) is 5.91 Å². The summed E-state index contributed by atoms with van der Waals surface area (Å²) in [5.74, 6) is -0.113. The average Bonchev–Trinajstić information content (AvgIpc) is 2.66. The Balaban J connectivity index is 2.05. The van der Waals surface area contributed by atoms with Crippen molar-refractivity contribution >= 4 is 34.7 Å². The molecule has 0 saturated carbocycles. The van der Waals surface area contributed by atoms with Gasteiger partial charge in [-0.05, 0) is 48.9 Å². The van der Waals surface area contributed by atoms with Crippen LogP contribution in [0.4, 0.5) is 11.4 Å². The summed E-state index contributed by atoms with van der Waals surface area (Å²) in [6.07, 6.45) is 1.06. The molecule has 0 unspecified atom stereocenters. The molecule has 0 bridgehead atoms. The summed E-state index contributed by atoms with van der Waals surface area (Å²) < 4.78 is 0. The van der Waals surface area contributed by atoms with Gasteiger partial charge in [0, 0.05) is 34.8 Å². The third kappa shape index (κ3) is 2.70. The summed E-state index contributed by atoms with van der Waals surface area (Å²) in [6, 6.07) is 11.8. The summed E-state index contributed by atoms with van der Waals surface area (Å²) in [5.41, 5.74) is 7.92. The maximum Gasteiger partial charge on any atom is 0.258 e. The van der Waals surface area contributed by atoms with Crippen LogP contribution in [-0.2, 0) is 0 Å². The van der Waals surface area contributed by atoms with E-state index in [0.717, 1.165) is 0 Å². The molecule has 22 heavy (non-hydrogen) atoms. The van der Waals surface area contributed by atoms with Crippen molar-refractivity contribution in [2.45, 2.75) is 12.8 Å². The molecule has 0 aromatic heterocycles. The lowest BCUT2D eigenvalue weighted by Crippen LogP contribution is -2.31. The number of Topliss-reactive ketones (excluding diaryl/α,β-unsaturated/α-hetero) is 1. The lowest BCUT2D eigenvalue weighted by Gasteiger charge is -2.23. The van der Waals surface area contributed by atoms with Crippen LogP contribution >= 0.6 is 11.6 Å². The average molecular weight is 315 g/mol. The Hall–Kier alpha value is -2.33. The van der Waals surface area contributed by atoms with Gasteiger partial charge in [-0.15, -0.1) is 0 Å². The van der Waals surface area contributed by atoms with Crippen molar-refractivity contribution < 1.29 is 9.59 Å². The number of hydrogen-bond acceptors (Lipinski definition) is 3. The maximum atomic E-state index is 12.8. The molecule has 4 nitrogen and oxygen atoms in total. The molecule has 0 spiro atoms. The summed E-state index contributed by atoms with van der Waals surface area (Å²) >= 11 is 6.05. The number of carbonyl (C=O) groups is 2. The molecule has 2 aromatic rings. The first-order valence-electron chi connectivity index (χ1n) is 7.06. The fourth-order valence-electron chi connectivity index (χ4n) is 2.61. The van der Waals surface area contributed by atoms with Crippen molar-refractivity contribution in [3.05, 3.63) is 58.6 Å². The molecule has 0 radical (unpaired) electrons. The van der Waals surface area contributed by atoms with E-state index in [-0.39, 0.29) is 11.7 Å². The van der Waals surface area contributed by atoms with Crippen LogP contribution in [0.1, 0.15) is 33.6 Å². The van der Waals surface area contributed by atoms with Crippen molar-refractivity contribution in [2.75, 3.05) is 17.2 Å². The normalized spacial score (nSPS) is 14.4. The zero-order valence-electron chi connectivity index (χ0n) is 11.9. The number of rotatable bonds is 1. The number of fused-ring (bicyclic) bond motifs is 1. The Bertz CT molecular complexity index is 741. The largest absolute Gasteiger partial charge is 0.399 e. The van der Waals surface area contributed by atoms with Crippen molar-refractivity contribution in [3.8, 4) is 0 Å². The number of halogens is 1. The van der Waals surface area contributed by atoms with Gasteiger partial charge in [0.05, 0.1) is 5.69 Å². The Morgan fingerprint density at radius 1 is 1.14 bits per heavy atom. The van der Waals surface area contributed by atoms with Crippen LogP contribution in [0.5, 0.6) is 0 Å². The minimum Gasteiger partial charge on any atom is -0.399 e. The van der Waals surface area contributed by atoms with E-state index in [1.165, 1.54) is 0 Å². The highest BCUT2D eigenvalue weighted by molar-refractivity contribution is 6.31. The van der Waals surface area contributed by atoms with Crippen molar-refractivity contribution in [1.82, 2.24) is 0 Å². The summed E-state index contributed by atoms with van der Waals surface area (Å²) in [4.78, 5) is 26.6. The molecule has 1 aliphatic rings. The van der Waals surface area contributed by atoms with Crippen LogP contribution in [0.3, 0.4) is 0 Å². The highest BCUT2D eigenvalue weighted by Crippen LogP contribution is 2.30. The topological polar surface area (TPSA) is 63.4 Å². The molecule has 1 amide bonds. The van der Waals surface area contributed by atoms with Gasteiger partial charge in [0.2, 0.25) is 0 Å². The predicted octanol–water partition coefficient (Wildman–Crippen LogP) is 3.55. The molecule has 112 valence electrons. The Labute approximate surface area is 133 Å². The Kier molecular flexibility index (Phi) is 3.86. The number of nitrogens with two attached hydrogens (primary N) is 1. The first kappa shape index (κ1) is 14.6. The minimum absolute atomic E-state index is 0.0410. The van der Waals surface area contributed by atoms with Gasteiger partial charge in [-0.3, -0.25) is 9.59 Å². The predicted molar refractivity (Wildman–Crippen MR) is 87.5 cm³/mol. The van der Waals surface area contributed by atoms with Gasteiger partial charge >= 0.3 is 0 Å². The minimum atomic E-state index is -0.154. The Morgan fingerprint density at radius 2 is 1.86 bits per heavy atom. The SMILES string of the molecule is Nc1ccc(C(=O)N2CCCC(=O)c3ccc(Cl)cc32)cc1. The van der Waals surface area contributed by atoms with E-state index >= 15 is 0 Å². The second-order valence-electron chi connectivity index (χ2n) is 5.27. The van der Waals surface area contributed by atoms with Crippen molar-refractivity contribution in [3.63, 3.8) is 0 Å². The molecule has 5 heteroatoms. The fraction of sp³-hybridized carbons (Fsp3) is 0.176. The second-order valence-corrected chi connectivity index (χ2v) is 5.70. The smallest absolute Gasteiger partial charge is 0.258 e. The third-order valence-electron chi connectivity index (χ3n) is 3.74. The summed E-state index contributed by atoms with van der Waals surface area (Å²) in [5, 5.41) is 0.503. The standard InChI is InChI=1S/C17H15ClN2O2/c18-12-5-8-14-15(10-12)20(9-1-2-16(14)21)17(22)11-3-6-13(19)7-4-11/h3-8,10H,1-2,9,19H2. The van der Waals surface area contributed by atoms with E-state index in [1.807, 2.05) is 0 Å². The highest BCUT2D eigenvalue weighted by atomic mass is 35.5. The van der Waals surface area contributed by atoms with Gasteiger partial charge < -0.3 is 10.6 Å². The number of anilines is 2. The number of nitrogen functional groups attached to an aromatic ring is 1. The zero-order chi connectivity index (χ0) is 15.7. The molecule has 0 aliphatic carbocycles. The van der Waals surface area contributed by atoms with E-state index in [1.54, 1.807) is 47.4 Å². The molecular weight excluding hydrogens is 300 g/mol. The molecule has 1 heterocycles. The molecule has 0 atom stereocenters. The fourth-order valence-corrected chi connectivity index (χ4v) is 2.78. The molecule has 2 N–H and O–H groups in total. The van der Waals surface area contributed by atoms with Crippen LogP contribution in [0.2, 0.25) is 5.02 Å². The number of hydrogen-bond donors (Lipinski definition) is 1. The number of amides is 1. The monoisotopic (exact) mass is 314 g/mol. The van der Waals surface area contributed by atoms with E-state index in [0.29, 0.717) is 46.9 Å².